The van der Waals surface area contributed by atoms with Gasteiger partial charge in [0.2, 0.25) is 0 Å². The number of Topliss-reactive ketones (excluding diaryl/α,β-unsaturated/α-hetero) is 1. The van der Waals surface area contributed by atoms with Crippen molar-refractivity contribution in [2.24, 2.45) is 5.92 Å². The van der Waals surface area contributed by atoms with Crippen molar-refractivity contribution in [2.45, 2.75) is 18.9 Å². The smallest absolute Gasteiger partial charge is 0.170 e. The van der Waals surface area contributed by atoms with Crippen LogP contribution in [0.1, 0.15) is 29.3 Å². The highest BCUT2D eigenvalue weighted by Crippen LogP contribution is 2.39. The third kappa shape index (κ3) is 3.48. The van der Waals surface area contributed by atoms with E-state index in [2.05, 4.69) is 4.90 Å². The van der Waals surface area contributed by atoms with Crippen LogP contribution in [-0.2, 0) is 5.60 Å². The van der Waals surface area contributed by atoms with Crippen LogP contribution in [0.4, 0.5) is 8.78 Å². The summed E-state index contributed by atoms with van der Waals surface area (Å²) < 4.78 is 26.4. The molecule has 0 radical (unpaired) electrons. The van der Waals surface area contributed by atoms with Gasteiger partial charge < -0.3 is 10.0 Å². The van der Waals surface area contributed by atoms with E-state index in [0.29, 0.717) is 30.6 Å². The topological polar surface area (TPSA) is 40.5 Å². The Hall–Kier alpha value is -2.11. The average Bonchev–Trinajstić information content (AvgIpc) is 2.62. The van der Waals surface area contributed by atoms with Gasteiger partial charge in [0.25, 0.3) is 0 Å². The van der Waals surface area contributed by atoms with Crippen molar-refractivity contribution in [3.63, 3.8) is 0 Å². The number of nitrogens with zero attached hydrogens (tertiary/aromatic N) is 1. The van der Waals surface area contributed by atoms with Crippen LogP contribution in [0.15, 0.2) is 48.5 Å². The Labute approximate surface area is 145 Å². The van der Waals surface area contributed by atoms with E-state index in [-0.39, 0.29) is 11.6 Å². The Morgan fingerprint density at radius 1 is 1.12 bits per heavy atom. The molecule has 2 aromatic carbocycles. The number of rotatable bonds is 4. The lowest BCUT2D eigenvalue weighted by molar-refractivity contribution is -0.0632. The van der Waals surface area contributed by atoms with Gasteiger partial charge in [-0.2, -0.15) is 0 Å². The maximum absolute atomic E-state index is 13.3. The van der Waals surface area contributed by atoms with Crippen LogP contribution >= 0.6 is 0 Å². The largest absolute Gasteiger partial charge is 0.384 e. The first-order valence-corrected chi connectivity index (χ1v) is 8.44. The molecular weight excluding hydrogens is 324 g/mol. The summed E-state index contributed by atoms with van der Waals surface area (Å²) in [6.07, 6.45) is 0.379. The molecule has 1 aliphatic heterocycles. The minimum absolute atomic E-state index is 0.232. The molecule has 0 aromatic heterocycles. The fourth-order valence-corrected chi connectivity index (χ4v) is 3.49. The van der Waals surface area contributed by atoms with Crippen molar-refractivity contribution in [2.75, 3.05) is 19.6 Å². The van der Waals surface area contributed by atoms with Gasteiger partial charge in [0.1, 0.15) is 17.2 Å². The van der Waals surface area contributed by atoms with Crippen LogP contribution in [0, 0.1) is 17.6 Å². The first-order valence-electron chi connectivity index (χ1n) is 8.44. The second-order valence-electron chi connectivity index (χ2n) is 6.50. The highest BCUT2D eigenvalue weighted by Gasteiger charge is 2.46. The number of benzene rings is 2. The maximum Gasteiger partial charge on any atom is 0.170 e. The van der Waals surface area contributed by atoms with Gasteiger partial charge in [-0.3, -0.25) is 4.79 Å². The first kappa shape index (κ1) is 17.7. The van der Waals surface area contributed by atoms with Crippen LogP contribution in [-0.4, -0.2) is 35.4 Å². The number of ketones is 1. The molecule has 25 heavy (non-hydrogen) atoms. The molecule has 2 atom stereocenters. The highest BCUT2D eigenvalue weighted by atomic mass is 19.1. The molecule has 1 fully saturated rings. The zero-order valence-electron chi connectivity index (χ0n) is 14.1. The van der Waals surface area contributed by atoms with Gasteiger partial charge in [-0.1, -0.05) is 19.1 Å². The highest BCUT2D eigenvalue weighted by molar-refractivity contribution is 5.99. The zero-order chi connectivity index (χ0) is 18.0. The second-order valence-corrected chi connectivity index (χ2v) is 6.50. The molecular formula is C20H21F2NO2. The number of piperidine rings is 1. The second kappa shape index (κ2) is 7.02. The van der Waals surface area contributed by atoms with E-state index in [1.807, 2.05) is 6.92 Å². The van der Waals surface area contributed by atoms with Gasteiger partial charge >= 0.3 is 0 Å². The molecule has 1 aliphatic rings. The normalized spacial score (nSPS) is 24.2. The summed E-state index contributed by atoms with van der Waals surface area (Å²) in [6, 6.07) is 11.0. The third-order valence-corrected chi connectivity index (χ3v) is 5.06. The molecule has 0 saturated carbocycles. The van der Waals surface area contributed by atoms with Crippen LogP contribution in [0.5, 0.6) is 0 Å². The number of halogens is 2. The number of likely N-dealkylation sites (tertiary alicyclic amines) is 1. The van der Waals surface area contributed by atoms with E-state index in [9.17, 15) is 18.7 Å². The number of hydrogen-bond acceptors (Lipinski definition) is 3. The Morgan fingerprint density at radius 3 is 2.24 bits per heavy atom. The third-order valence-electron chi connectivity index (χ3n) is 5.06. The first-order chi connectivity index (χ1) is 11.9. The summed E-state index contributed by atoms with van der Waals surface area (Å²) in [6.45, 7) is 3.83. The molecule has 0 bridgehead atoms. The molecule has 1 saturated heterocycles. The van der Waals surface area contributed by atoms with Crippen LogP contribution in [0.2, 0.25) is 0 Å². The lowest BCUT2D eigenvalue weighted by Gasteiger charge is -2.44. The summed E-state index contributed by atoms with van der Waals surface area (Å²) in [5.74, 6) is -1.73. The number of hydrogen-bond donors (Lipinski definition) is 1. The van der Waals surface area contributed by atoms with Crippen molar-refractivity contribution >= 4 is 5.78 Å². The van der Waals surface area contributed by atoms with Gasteiger partial charge in [0, 0.05) is 18.7 Å². The van der Waals surface area contributed by atoms with Crippen molar-refractivity contribution < 1.29 is 18.7 Å². The van der Waals surface area contributed by atoms with Gasteiger partial charge in [-0.25, -0.2) is 8.78 Å². The molecule has 0 aliphatic carbocycles. The van der Waals surface area contributed by atoms with Crippen molar-refractivity contribution in [3.8, 4) is 0 Å². The Morgan fingerprint density at radius 2 is 1.68 bits per heavy atom. The van der Waals surface area contributed by atoms with Gasteiger partial charge in [-0.05, 0) is 54.9 Å². The van der Waals surface area contributed by atoms with Crippen molar-refractivity contribution in [1.82, 2.24) is 4.90 Å². The molecule has 1 heterocycles. The fourth-order valence-electron chi connectivity index (χ4n) is 3.49. The molecule has 2 aromatic rings. The van der Waals surface area contributed by atoms with Crippen LogP contribution in [0.3, 0.4) is 0 Å². The van der Waals surface area contributed by atoms with E-state index in [4.69, 9.17) is 0 Å². The van der Waals surface area contributed by atoms with E-state index >= 15 is 0 Å². The van der Waals surface area contributed by atoms with E-state index in [1.54, 1.807) is 0 Å². The SMILES string of the molecule is CCN1CC[C@@](O)(c2ccc(F)cc2)[C@@H](C(=O)c2ccc(F)cc2)C1. The van der Waals surface area contributed by atoms with E-state index < -0.39 is 17.3 Å². The molecule has 0 unspecified atom stereocenters. The predicted molar refractivity (Wildman–Crippen MR) is 91.2 cm³/mol. The standard InChI is InChI=1S/C20H21F2NO2/c1-2-23-12-11-20(25,15-5-9-17(22)10-6-15)18(13-23)19(24)14-3-7-16(21)8-4-14/h3-10,18,25H,2,11-13H2,1H3/t18-,20-/m1/s1. The molecule has 0 amide bonds. The molecule has 3 nitrogen and oxygen atoms in total. The quantitative estimate of drug-likeness (QED) is 0.864. The summed E-state index contributed by atoms with van der Waals surface area (Å²) in [4.78, 5) is 15.1. The summed E-state index contributed by atoms with van der Waals surface area (Å²) in [7, 11) is 0. The maximum atomic E-state index is 13.3. The minimum atomic E-state index is -1.37. The lowest BCUT2D eigenvalue weighted by Crippen LogP contribution is -2.53. The predicted octanol–water partition coefficient (Wildman–Crippen LogP) is 3.38. The molecule has 3 rings (SSSR count). The molecule has 1 N–H and O–H groups in total. The summed E-state index contributed by atoms with van der Waals surface area (Å²) in [5.41, 5.74) is -0.472. The van der Waals surface area contributed by atoms with Gasteiger partial charge in [-0.15, -0.1) is 0 Å². The molecule has 5 heteroatoms. The van der Waals surface area contributed by atoms with E-state index in [0.717, 1.165) is 6.54 Å². The average molecular weight is 345 g/mol. The summed E-state index contributed by atoms with van der Waals surface area (Å²) in [5, 5.41) is 11.3. The lowest BCUT2D eigenvalue weighted by atomic mass is 9.72. The fraction of sp³-hybridized carbons (Fsp3) is 0.350. The van der Waals surface area contributed by atoms with Crippen LogP contribution in [0.25, 0.3) is 0 Å². The minimum Gasteiger partial charge on any atom is -0.384 e. The number of carbonyl (C=O) groups is 1. The number of aliphatic hydroxyl groups is 1. The Kier molecular flexibility index (Phi) is 4.97. The van der Waals surface area contributed by atoms with Crippen LogP contribution < -0.4 is 0 Å². The van der Waals surface area contributed by atoms with E-state index in [1.165, 1.54) is 48.5 Å². The van der Waals surface area contributed by atoms with Crippen molar-refractivity contribution in [1.29, 1.82) is 0 Å². The zero-order valence-corrected chi connectivity index (χ0v) is 14.1. The number of carbonyl (C=O) groups excluding carboxylic acids is 1. The monoisotopic (exact) mass is 345 g/mol. The van der Waals surface area contributed by atoms with Gasteiger partial charge in [0.05, 0.1) is 5.92 Å². The molecule has 0 spiro atoms. The Bertz CT molecular complexity index is 745. The van der Waals surface area contributed by atoms with Crippen molar-refractivity contribution in [3.05, 3.63) is 71.3 Å². The van der Waals surface area contributed by atoms with Gasteiger partial charge in [0.15, 0.2) is 5.78 Å². The Balaban J connectivity index is 1.98. The summed E-state index contributed by atoms with van der Waals surface area (Å²) >= 11 is 0. The molecule has 132 valence electrons.